The van der Waals surface area contributed by atoms with Crippen LogP contribution in [0, 0.1) is 11.8 Å². The number of hydrogen-bond acceptors (Lipinski definition) is 0. The molecule has 1 heteroatoms. The van der Waals surface area contributed by atoms with Gasteiger partial charge in [-0.1, -0.05) is 26.3 Å². The molecule has 0 nitrogen and oxygen atoms in total. The lowest BCUT2D eigenvalue weighted by molar-refractivity contribution is 0.501. The lowest BCUT2D eigenvalue weighted by atomic mass is 9.99. The lowest BCUT2D eigenvalue weighted by Gasteiger charge is -2.12. The van der Waals surface area contributed by atoms with E-state index in [1.807, 2.05) is 0 Å². The van der Waals surface area contributed by atoms with Crippen LogP contribution in [0.1, 0.15) is 26.2 Å². The fraction of sp³-hybridized carbons (Fsp3) is 0.750. The van der Waals surface area contributed by atoms with Gasteiger partial charge in [0, 0.05) is 0 Å². The highest BCUT2D eigenvalue weighted by atomic mass is 127. The number of halogens is 1. The molecule has 1 rings (SSSR count). The molecule has 52 valence electrons. The van der Waals surface area contributed by atoms with Crippen molar-refractivity contribution in [2.75, 3.05) is 0 Å². The summed E-state index contributed by atoms with van der Waals surface area (Å²) in [5, 5.41) is 0. The molecule has 0 aromatic heterocycles. The van der Waals surface area contributed by atoms with E-state index in [0.717, 1.165) is 11.8 Å². The molecular weight excluding hydrogens is 223 g/mol. The quantitative estimate of drug-likeness (QED) is 0.612. The van der Waals surface area contributed by atoms with Crippen LogP contribution in [0.15, 0.2) is 10.2 Å². The largest absolute Gasteiger partial charge is 0.0894 e. The zero-order chi connectivity index (χ0) is 6.85. The van der Waals surface area contributed by atoms with Crippen LogP contribution < -0.4 is 0 Å². The van der Waals surface area contributed by atoms with Gasteiger partial charge in [-0.3, -0.25) is 0 Å². The Morgan fingerprint density at radius 3 is 2.44 bits per heavy atom. The molecule has 0 radical (unpaired) electrons. The molecule has 1 aliphatic rings. The lowest BCUT2D eigenvalue weighted by Crippen LogP contribution is -2.01. The molecule has 0 N–H and O–H groups in total. The zero-order valence-electron chi connectivity index (χ0n) is 5.86. The van der Waals surface area contributed by atoms with Crippen molar-refractivity contribution >= 4 is 22.6 Å². The molecule has 0 heterocycles. The van der Waals surface area contributed by atoms with Crippen LogP contribution >= 0.6 is 22.6 Å². The number of hydrogen-bond donors (Lipinski definition) is 0. The fourth-order valence-corrected chi connectivity index (χ4v) is 2.54. The van der Waals surface area contributed by atoms with Crippen molar-refractivity contribution in [1.29, 1.82) is 0 Å². The summed E-state index contributed by atoms with van der Waals surface area (Å²) in [6.45, 7) is 6.31. The maximum atomic E-state index is 3.97. The molecule has 1 saturated carbocycles. The summed E-state index contributed by atoms with van der Waals surface area (Å²) in [5.74, 6) is 1.72. The van der Waals surface area contributed by atoms with Crippen molar-refractivity contribution in [2.45, 2.75) is 26.2 Å². The molecule has 0 aromatic rings. The highest BCUT2D eigenvalue weighted by Gasteiger charge is 2.23. The van der Waals surface area contributed by atoms with E-state index in [1.165, 1.54) is 22.8 Å². The predicted octanol–water partition coefficient (Wildman–Crippen LogP) is 3.37. The Labute approximate surface area is 70.9 Å². The van der Waals surface area contributed by atoms with E-state index in [2.05, 4.69) is 36.1 Å². The molecule has 0 aliphatic heterocycles. The van der Waals surface area contributed by atoms with Gasteiger partial charge in [-0.25, -0.2) is 0 Å². The van der Waals surface area contributed by atoms with Gasteiger partial charge in [-0.05, 0) is 44.4 Å². The van der Waals surface area contributed by atoms with Crippen molar-refractivity contribution in [3.8, 4) is 0 Å². The summed E-state index contributed by atoms with van der Waals surface area (Å²) in [6, 6.07) is 0. The molecular formula is C8H13I. The minimum absolute atomic E-state index is 0.825. The zero-order valence-corrected chi connectivity index (χ0v) is 8.02. The Hall–Kier alpha value is 0.470. The first-order chi connectivity index (χ1) is 4.22. The predicted molar refractivity (Wildman–Crippen MR) is 49.7 cm³/mol. The first-order valence-corrected chi connectivity index (χ1v) is 4.64. The van der Waals surface area contributed by atoms with Crippen molar-refractivity contribution in [2.24, 2.45) is 11.8 Å². The van der Waals surface area contributed by atoms with Crippen molar-refractivity contribution in [3.05, 3.63) is 10.2 Å². The van der Waals surface area contributed by atoms with Gasteiger partial charge >= 0.3 is 0 Å². The van der Waals surface area contributed by atoms with Gasteiger partial charge in [0.15, 0.2) is 0 Å². The second-order valence-corrected chi connectivity index (χ2v) is 4.35. The van der Waals surface area contributed by atoms with Gasteiger partial charge in [0.05, 0.1) is 0 Å². The van der Waals surface area contributed by atoms with Crippen LogP contribution in [-0.4, -0.2) is 0 Å². The van der Waals surface area contributed by atoms with Crippen LogP contribution in [0.5, 0.6) is 0 Å². The van der Waals surface area contributed by atoms with Gasteiger partial charge in [0.25, 0.3) is 0 Å². The normalized spacial score (nSPS) is 34.9. The number of rotatable bonds is 1. The molecule has 1 aliphatic carbocycles. The van der Waals surface area contributed by atoms with E-state index in [4.69, 9.17) is 0 Å². The maximum absolute atomic E-state index is 3.97. The fourth-order valence-electron chi connectivity index (χ4n) is 1.61. The first kappa shape index (κ1) is 7.58. The molecule has 0 unspecified atom stereocenters. The minimum Gasteiger partial charge on any atom is -0.0894 e. The Morgan fingerprint density at radius 2 is 2.22 bits per heavy atom. The van der Waals surface area contributed by atoms with Crippen LogP contribution in [0.3, 0.4) is 0 Å². The van der Waals surface area contributed by atoms with Crippen LogP contribution in [0.4, 0.5) is 0 Å². The topological polar surface area (TPSA) is 0 Å². The third kappa shape index (κ3) is 1.69. The third-order valence-corrected chi connectivity index (χ3v) is 3.06. The number of allylic oxidation sites excluding steroid dienone is 1. The van der Waals surface area contributed by atoms with Crippen LogP contribution in [0.25, 0.3) is 0 Å². The second kappa shape index (κ2) is 3.04. The Bertz CT molecular complexity index is 118. The molecule has 2 atom stereocenters. The summed E-state index contributed by atoms with van der Waals surface area (Å²) < 4.78 is 1.36. The molecule has 0 saturated heterocycles. The van der Waals surface area contributed by atoms with Gasteiger partial charge in [0.1, 0.15) is 0 Å². The Balaban J connectivity index is 2.49. The highest BCUT2D eigenvalue weighted by Crippen LogP contribution is 2.37. The van der Waals surface area contributed by atoms with Gasteiger partial charge in [-0.2, -0.15) is 0 Å². The van der Waals surface area contributed by atoms with Gasteiger partial charge in [-0.15, -0.1) is 0 Å². The molecule has 1 fully saturated rings. The van der Waals surface area contributed by atoms with Gasteiger partial charge < -0.3 is 0 Å². The van der Waals surface area contributed by atoms with Crippen LogP contribution in [-0.2, 0) is 0 Å². The van der Waals surface area contributed by atoms with E-state index in [1.54, 1.807) is 0 Å². The summed E-state index contributed by atoms with van der Waals surface area (Å²) in [7, 11) is 0. The molecule has 0 aromatic carbocycles. The van der Waals surface area contributed by atoms with Crippen molar-refractivity contribution < 1.29 is 0 Å². The van der Waals surface area contributed by atoms with Crippen molar-refractivity contribution in [1.82, 2.24) is 0 Å². The van der Waals surface area contributed by atoms with E-state index in [-0.39, 0.29) is 0 Å². The summed E-state index contributed by atoms with van der Waals surface area (Å²) in [4.78, 5) is 0. The van der Waals surface area contributed by atoms with E-state index >= 15 is 0 Å². The summed E-state index contributed by atoms with van der Waals surface area (Å²) >= 11 is 2.37. The third-order valence-electron chi connectivity index (χ3n) is 2.26. The van der Waals surface area contributed by atoms with Gasteiger partial charge in [0.2, 0.25) is 0 Å². The highest BCUT2D eigenvalue weighted by molar-refractivity contribution is 14.1. The first-order valence-electron chi connectivity index (χ1n) is 3.56. The summed E-state index contributed by atoms with van der Waals surface area (Å²) in [6.07, 6.45) is 4.20. The van der Waals surface area contributed by atoms with E-state index in [9.17, 15) is 0 Å². The van der Waals surface area contributed by atoms with Crippen LogP contribution in [0.2, 0.25) is 0 Å². The van der Waals surface area contributed by atoms with E-state index in [0.29, 0.717) is 0 Å². The summed E-state index contributed by atoms with van der Waals surface area (Å²) in [5.41, 5.74) is 0. The van der Waals surface area contributed by atoms with E-state index < -0.39 is 0 Å². The SMILES string of the molecule is C=C(I)[C@H]1CCC[C@H]1C. The monoisotopic (exact) mass is 236 g/mol. The molecule has 9 heavy (non-hydrogen) atoms. The van der Waals surface area contributed by atoms with Crippen molar-refractivity contribution in [3.63, 3.8) is 0 Å². The molecule has 0 spiro atoms. The Morgan fingerprint density at radius 1 is 1.56 bits per heavy atom. The smallest absolute Gasteiger partial charge is 0.00840 e. The molecule has 0 amide bonds. The molecule has 0 bridgehead atoms. The minimum atomic E-state index is 0.825. The maximum Gasteiger partial charge on any atom is -0.00840 e. The average molecular weight is 236 g/mol. The second-order valence-electron chi connectivity index (χ2n) is 2.96. The Kier molecular flexibility index (Phi) is 2.56. The standard InChI is InChI=1S/C8H13I/c1-6-4-3-5-8(6)7(2)9/h6,8H,2-5H2,1H3/t6-,8+/m1/s1. The average Bonchev–Trinajstić information content (AvgIpc) is 2.13.